The lowest BCUT2D eigenvalue weighted by Gasteiger charge is -2.14. The van der Waals surface area contributed by atoms with Gasteiger partial charge in [0.25, 0.3) is 0 Å². The number of sulfonamides is 1. The molecule has 0 amide bonds. The normalized spacial score (nSPS) is 11.6. The molecule has 8 heteroatoms. The second-order valence-electron chi connectivity index (χ2n) is 4.43. The molecule has 0 aliphatic rings. The molecule has 0 aromatic heterocycles. The van der Waals surface area contributed by atoms with Crippen LogP contribution in [-0.4, -0.2) is 43.8 Å². The molecule has 0 aliphatic carbocycles. The summed E-state index contributed by atoms with van der Waals surface area (Å²) in [5.74, 6) is -1.22. The summed E-state index contributed by atoms with van der Waals surface area (Å²) in [5, 5.41) is 20.7. The van der Waals surface area contributed by atoms with Crippen molar-refractivity contribution in [3.8, 4) is 0 Å². The van der Waals surface area contributed by atoms with Gasteiger partial charge >= 0.3 is 5.97 Å². The minimum absolute atomic E-state index is 0.0167. The van der Waals surface area contributed by atoms with Gasteiger partial charge in [-0.15, -0.1) is 0 Å². The number of aliphatic hydroxyl groups is 1. The number of anilines is 1. The summed E-state index contributed by atoms with van der Waals surface area (Å²) in [5.41, 5.74) is 0.235. The highest BCUT2D eigenvalue weighted by Gasteiger charge is 2.18. The quantitative estimate of drug-likeness (QED) is 0.582. The molecule has 20 heavy (non-hydrogen) atoms. The minimum atomic E-state index is -3.82. The zero-order valence-electron chi connectivity index (χ0n) is 11.3. The Labute approximate surface area is 117 Å². The number of aromatic carboxylic acids is 1. The zero-order valence-corrected chi connectivity index (χ0v) is 12.1. The summed E-state index contributed by atoms with van der Waals surface area (Å²) in [6.45, 7) is 3.23. The first kappa shape index (κ1) is 16.4. The molecular formula is C12H18N2O5S. The maximum absolute atomic E-state index is 11.9. The molecule has 0 fully saturated rings. The van der Waals surface area contributed by atoms with Gasteiger partial charge in [0, 0.05) is 18.3 Å². The first-order chi connectivity index (χ1) is 9.27. The Balaban J connectivity index is 3.20. The Morgan fingerprint density at radius 1 is 1.35 bits per heavy atom. The van der Waals surface area contributed by atoms with Gasteiger partial charge in [0.15, 0.2) is 0 Å². The van der Waals surface area contributed by atoms with E-state index in [9.17, 15) is 13.2 Å². The van der Waals surface area contributed by atoms with Crippen LogP contribution in [0.2, 0.25) is 0 Å². The molecule has 0 aliphatic heterocycles. The zero-order chi connectivity index (χ0) is 15.3. The molecule has 1 aromatic rings. The highest BCUT2D eigenvalue weighted by Crippen LogP contribution is 2.21. The fraction of sp³-hybridized carbons (Fsp3) is 0.417. The molecule has 0 unspecified atom stereocenters. The van der Waals surface area contributed by atoms with E-state index >= 15 is 0 Å². The Kier molecular flexibility index (Phi) is 5.49. The Hall–Kier alpha value is -1.64. The fourth-order valence-electron chi connectivity index (χ4n) is 1.57. The first-order valence-electron chi connectivity index (χ1n) is 6.02. The molecule has 0 saturated heterocycles. The van der Waals surface area contributed by atoms with Crippen molar-refractivity contribution in [2.24, 2.45) is 0 Å². The van der Waals surface area contributed by atoms with Gasteiger partial charge in [-0.05, 0) is 32.0 Å². The average molecular weight is 302 g/mol. The van der Waals surface area contributed by atoms with Crippen molar-refractivity contribution in [2.75, 3.05) is 18.5 Å². The summed E-state index contributed by atoms with van der Waals surface area (Å²) in [4.78, 5) is 11.0. The van der Waals surface area contributed by atoms with Gasteiger partial charge in [0.1, 0.15) is 0 Å². The summed E-state index contributed by atoms with van der Waals surface area (Å²) in [6.07, 6.45) is 0. The van der Waals surface area contributed by atoms with Crippen molar-refractivity contribution in [3.05, 3.63) is 23.8 Å². The Morgan fingerprint density at radius 3 is 2.50 bits per heavy atom. The molecule has 7 nitrogen and oxygen atoms in total. The van der Waals surface area contributed by atoms with Crippen LogP contribution in [0.25, 0.3) is 0 Å². The van der Waals surface area contributed by atoms with E-state index in [4.69, 9.17) is 10.2 Å². The second kappa shape index (κ2) is 6.69. The van der Waals surface area contributed by atoms with Crippen LogP contribution >= 0.6 is 0 Å². The Bertz CT molecular complexity index is 584. The van der Waals surface area contributed by atoms with Crippen LogP contribution in [0.4, 0.5) is 5.69 Å². The fourth-order valence-corrected chi connectivity index (χ4v) is 2.61. The van der Waals surface area contributed by atoms with Crippen LogP contribution in [0.3, 0.4) is 0 Å². The van der Waals surface area contributed by atoms with E-state index < -0.39 is 16.0 Å². The highest BCUT2D eigenvalue weighted by molar-refractivity contribution is 7.89. The van der Waals surface area contributed by atoms with E-state index in [1.807, 2.05) is 13.8 Å². The number of hydrogen-bond acceptors (Lipinski definition) is 5. The third-order valence-electron chi connectivity index (χ3n) is 2.38. The van der Waals surface area contributed by atoms with Gasteiger partial charge < -0.3 is 15.5 Å². The molecule has 0 spiro atoms. The van der Waals surface area contributed by atoms with E-state index in [0.29, 0.717) is 5.69 Å². The van der Waals surface area contributed by atoms with Gasteiger partial charge in [0.2, 0.25) is 10.0 Å². The van der Waals surface area contributed by atoms with E-state index in [1.165, 1.54) is 12.1 Å². The number of benzene rings is 1. The third-order valence-corrected chi connectivity index (χ3v) is 3.84. The number of carboxylic acids is 1. The van der Waals surface area contributed by atoms with E-state index in [-0.39, 0.29) is 29.7 Å². The summed E-state index contributed by atoms with van der Waals surface area (Å²) in [6, 6.07) is 3.84. The van der Waals surface area contributed by atoms with Gasteiger partial charge in [-0.1, -0.05) is 0 Å². The summed E-state index contributed by atoms with van der Waals surface area (Å²) in [7, 11) is -3.82. The van der Waals surface area contributed by atoms with Crippen molar-refractivity contribution in [3.63, 3.8) is 0 Å². The molecule has 0 heterocycles. The molecule has 1 rings (SSSR count). The molecule has 112 valence electrons. The molecule has 4 N–H and O–H groups in total. The molecule has 0 saturated carbocycles. The largest absolute Gasteiger partial charge is 0.478 e. The summed E-state index contributed by atoms with van der Waals surface area (Å²) >= 11 is 0. The van der Waals surface area contributed by atoms with E-state index in [0.717, 1.165) is 6.07 Å². The maximum Gasteiger partial charge on any atom is 0.337 e. The monoisotopic (exact) mass is 302 g/mol. The van der Waals surface area contributed by atoms with Crippen LogP contribution < -0.4 is 10.0 Å². The van der Waals surface area contributed by atoms with Crippen LogP contribution in [0.1, 0.15) is 24.2 Å². The van der Waals surface area contributed by atoms with Crippen LogP contribution in [0, 0.1) is 0 Å². The number of carbonyl (C=O) groups is 1. The van der Waals surface area contributed by atoms with Crippen LogP contribution in [0.15, 0.2) is 23.1 Å². The van der Waals surface area contributed by atoms with Gasteiger partial charge in [-0.25, -0.2) is 17.9 Å². The van der Waals surface area contributed by atoms with Crippen molar-refractivity contribution < 1.29 is 23.4 Å². The number of rotatable bonds is 7. The Morgan fingerprint density at radius 2 is 2.00 bits per heavy atom. The van der Waals surface area contributed by atoms with Crippen molar-refractivity contribution in [1.29, 1.82) is 0 Å². The highest BCUT2D eigenvalue weighted by atomic mass is 32.2. The number of carboxylic acid groups (broad SMARTS) is 1. The van der Waals surface area contributed by atoms with Crippen LogP contribution in [0.5, 0.6) is 0 Å². The summed E-state index contributed by atoms with van der Waals surface area (Å²) < 4.78 is 25.9. The van der Waals surface area contributed by atoms with Gasteiger partial charge in [-0.3, -0.25) is 0 Å². The smallest absolute Gasteiger partial charge is 0.337 e. The lowest BCUT2D eigenvalue weighted by atomic mass is 10.1. The van der Waals surface area contributed by atoms with Crippen molar-refractivity contribution in [2.45, 2.75) is 24.8 Å². The SMILES string of the molecule is CC(C)Nc1ccc(S(=O)(=O)NCCO)cc1C(=O)O. The van der Waals surface area contributed by atoms with E-state index in [2.05, 4.69) is 10.0 Å². The minimum Gasteiger partial charge on any atom is -0.478 e. The number of aliphatic hydroxyl groups excluding tert-OH is 1. The third kappa shape index (κ3) is 4.19. The average Bonchev–Trinajstić information content (AvgIpc) is 2.35. The number of nitrogens with one attached hydrogen (secondary N) is 2. The van der Waals surface area contributed by atoms with Crippen LogP contribution in [-0.2, 0) is 10.0 Å². The lowest BCUT2D eigenvalue weighted by Crippen LogP contribution is -2.27. The van der Waals surface area contributed by atoms with E-state index in [1.54, 1.807) is 0 Å². The second-order valence-corrected chi connectivity index (χ2v) is 6.20. The molecule has 1 aromatic carbocycles. The molecule has 0 radical (unpaired) electrons. The predicted molar refractivity (Wildman–Crippen MR) is 74.4 cm³/mol. The van der Waals surface area contributed by atoms with Gasteiger partial charge in [0.05, 0.1) is 17.1 Å². The first-order valence-corrected chi connectivity index (χ1v) is 7.50. The van der Waals surface area contributed by atoms with Gasteiger partial charge in [-0.2, -0.15) is 0 Å². The standard InChI is InChI=1S/C12H18N2O5S/c1-8(2)14-11-4-3-9(7-10(11)12(16)17)20(18,19)13-5-6-15/h3-4,7-8,13-15H,5-6H2,1-2H3,(H,16,17). The molecular weight excluding hydrogens is 284 g/mol. The van der Waals surface area contributed by atoms with Crippen molar-refractivity contribution in [1.82, 2.24) is 4.72 Å². The lowest BCUT2D eigenvalue weighted by molar-refractivity contribution is 0.0697. The number of hydrogen-bond donors (Lipinski definition) is 4. The van der Waals surface area contributed by atoms with Crippen molar-refractivity contribution >= 4 is 21.7 Å². The molecule has 0 atom stereocenters. The molecule has 0 bridgehead atoms. The maximum atomic E-state index is 11.9. The predicted octanol–water partition coefficient (Wildman–Crippen LogP) is 0.476. The topological polar surface area (TPSA) is 116 Å².